The van der Waals surface area contributed by atoms with Crippen molar-refractivity contribution in [3.05, 3.63) is 12.2 Å². The topological polar surface area (TPSA) is 9.23 Å². The number of rotatable bonds is 7. The Kier molecular flexibility index (Phi) is 8.56. The molecule has 3 fully saturated rings. The van der Waals surface area contributed by atoms with Crippen molar-refractivity contribution >= 4 is 0 Å². The van der Waals surface area contributed by atoms with Crippen molar-refractivity contribution < 1.29 is 4.74 Å². The van der Waals surface area contributed by atoms with Crippen LogP contribution in [-0.2, 0) is 4.74 Å². The van der Waals surface area contributed by atoms with Crippen molar-refractivity contribution in [2.24, 2.45) is 29.6 Å². The van der Waals surface area contributed by atoms with Gasteiger partial charge in [-0.05, 0) is 120 Å². The molecule has 0 spiro atoms. The van der Waals surface area contributed by atoms with Crippen LogP contribution in [-0.4, -0.2) is 12.7 Å². The molecule has 0 aromatic carbocycles. The quantitative estimate of drug-likeness (QED) is 0.336. The van der Waals surface area contributed by atoms with Crippen molar-refractivity contribution in [3.63, 3.8) is 0 Å². The summed E-state index contributed by atoms with van der Waals surface area (Å²) in [6.07, 6.45) is 25.4. The van der Waals surface area contributed by atoms with Crippen molar-refractivity contribution in [3.8, 4) is 0 Å². The lowest BCUT2D eigenvalue weighted by atomic mass is 9.65. The Bertz CT molecular complexity index is 390. The molecule has 3 saturated carbocycles. The third kappa shape index (κ3) is 5.85. The first-order chi connectivity index (χ1) is 12.8. The minimum absolute atomic E-state index is 0.585. The first-order valence-corrected chi connectivity index (χ1v) is 12.0. The maximum Gasteiger partial charge on any atom is 0.0575 e. The Morgan fingerprint density at radius 1 is 0.692 bits per heavy atom. The SMILES string of the molecule is C/C=C/C1CCC(C2CCC(C3CCC(OCCCC)CC3)CC2)CC1. The van der Waals surface area contributed by atoms with Crippen LogP contribution in [0, 0.1) is 29.6 Å². The van der Waals surface area contributed by atoms with E-state index in [0.717, 1.165) is 36.2 Å². The van der Waals surface area contributed by atoms with E-state index in [4.69, 9.17) is 4.74 Å². The molecule has 3 aliphatic carbocycles. The van der Waals surface area contributed by atoms with E-state index in [9.17, 15) is 0 Å². The maximum atomic E-state index is 6.08. The molecule has 0 bridgehead atoms. The molecule has 0 heterocycles. The highest BCUT2D eigenvalue weighted by atomic mass is 16.5. The molecule has 0 amide bonds. The summed E-state index contributed by atoms with van der Waals surface area (Å²) in [5, 5.41) is 0. The molecule has 26 heavy (non-hydrogen) atoms. The fraction of sp³-hybridized carbons (Fsp3) is 0.920. The summed E-state index contributed by atoms with van der Waals surface area (Å²) < 4.78 is 6.08. The summed E-state index contributed by atoms with van der Waals surface area (Å²) in [5.74, 6) is 5.07. The van der Waals surface area contributed by atoms with Crippen molar-refractivity contribution in [1.29, 1.82) is 0 Å². The molecule has 0 aromatic rings. The van der Waals surface area contributed by atoms with Gasteiger partial charge in [-0.1, -0.05) is 25.5 Å². The van der Waals surface area contributed by atoms with Crippen molar-refractivity contribution in [1.82, 2.24) is 0 Å². The van der Waals surface area contributed by atoms with Crippen LogP contribution in [0.1, 0.15) is 104 Å². The summed E-state index contributed by atoms with van der Waals surface area (Å²) in [6, 6.07) is 0. The average Bonchev–Trinajstić information content (AvgIpc) is 2.70. The molecule has 0 atom stereocenters. The second kappa shape index (κ2) is 10.9. The van der Waals surface area contributed by atoms with Gasteiger partial charge in [0.1, 0.15) is 0 Å². The molecule has 0 aliphatic heterocycles. The lowest BCUT2D eigenvalue weighted by Gasteiger charge is -2.41. The summed E-state index contributed by atoms with van der Waals surface area (Å²) >= 11 is 0. The van der Waals surface area contributed by atoms with Gasteiger partial charge in [-0.2, -0.15) is 0 Å². The number of allylic oxidation sites excluding steroid dienone is 2. The van der Waals surface area contributed by atoms with E-state index in [1.807, 2.05) is 0 Å². The summed E-state index contributed by atoms with van der Waals surface area (Å²) in [5.41, 5.74) is 0. The van der Waals surface area contributed by atoms with E-state index in [-0.39, 0.29) is 0 Å². The van der Waals surface area contributed by atoms with Crippen molar-refractivity contribution in [2.45, 2.75) is 110 Å². The lowest BCUT2D eigenvalue weighted by Crippen LogP contribution is -2.31. The molecule has 1 heteroatoms. The molecule has 1 nitrogen and oxygen atoms in total. The molecule has 150 valence electrons. The predicted molar refractivity (Wildman–Crippen MR) is 112 cm³/mol. The maximum absolute atomic E-state index is 6.08. The molecule has 3 aliphatic rings. The van der Waals surface area contributed by atoms with Crippen LogP contribution in [0.25, 0.3) is 0 Å². The van der Waals surface area contributed by atoms with Gasteiger partial charge in [0.05, 0.1) is 6.10 Å². The van der Waals surface area contributed by atoms with Crippen LogP contribution in [0.15, 0.2) is 12.2 Å². The third-order valence-corrected chi connectivity index (χ3v) is 8.00. The van der Waals surface area contributed by atoms with E-state index < -0.39 is 0 Å². The average molecular weight is 361 g/mol. The van der Waals surface area contributed by atoms with Crippen LogP contribution >= 0.6 is 0 Å². The molecule has 0 saturated heterocycles. The molecule has 0 unspecified atom stereocenters. The zero-order valence-electron chi connectivity index (χ0n) is 17.6. The monoisotopic (exact) mass is 360 g/mol. The van der Waals surface area contributed by atoms with Gasteiger partial charge in [-0.25, -0.2) is 0 Å². The summed E-state index contributed by atoms with van der Waals surface area (Å²) in [4.78, 5) is 0. The van der Waals surface area contributed by atoms with Gasteiger partial charge >= 0.3 is 0 Å². The summed E-state index contributed by atoms with van der Waals surface area (Å²) in [6.45, 7) is 5.43. The minimum atomic E-state index is 0.585. The molecule has 0 radical (unpaired) electrons. The van der Waals surface area contributed by atoms with E-state index in [1.165, 1.54) is 89.9 Å². The third-order valence-electron chi connectivity index (χ3n) is 8.00. The van der Waals surface area contributed by atoms with Gasteiger partial charge in [-0.15, -0.1) is 0 Å². The summed E-state index contributed by atoms with van der Waals surface area (Å²) in [7, 11) is 0. The fourth-order valence-electron chi connectivity index (χ4n) is 6.29. The number of hydrogen-bond donors (Lipinski definition) is 0. The Morgan fingerprint density at radius 2 is 1.15 bits per heavy atom. The second-order valence-electron chi connectivity index (χ2n) is 9.64. The molecule has 3 rings (SSSR count). The van der Waals surface area contributed by atoms with Crippen LogP contribution in [0.3, 0.4) is 0 Å². The van der Waals surface area contributed by atoms with Gasteiger partial charge in [0, 0.05) is 6.61 Å². The number of ether oxygens (including phenoxy) is 1. The Labute approximate surface area is 163 Å². The molecular weight excluding hydrogens is 316 g/mol. The zero-order valence-corrected chi connectivity index (χ0v) is 17.6. The zero-order chi connectivity index (χ0) is 18.2. The predicted octanol–water partition coefficient (Wildman–Crippen LogP) is 7.55. The minimum Gasteiger partial charge on any atom is -0.378 e. The van der Waals surface area contributed by atoms with E-state index in [0.29, 0.717) is 6.10 Å². The standard InChI is InChI=1S/C25H44O/c1-3-5-19-26-25-17-15-24(16-18-25)23-13-11-22(12-14-23)21-9-7-20(6-4-2)8-10-21/h4,6,20-25H,3,5,7-19H2,1-2H3/b6-4+. The molecule has 0 aromatic heterocycles. The van der Waals surface area contributed by atoms with Gasteiger partial charge in [0.2, 0.25) is 0 Å². The van der Waals surface area contributed by atoms with Crippen LogP contribution in [0.4, 0.5) is 0 Å². The fourth-order valence-corrected chi connectivity index (χ4v) is 6.29. The van der Waals surface area contributed by atoms with Gasteiger partial charge in [0.15, 0.2) is 0 Å². The highest BCUT2D eigenvalue weighted by Crippen LogP contribution is 2.45. The highest BCUT2D eigenvalue weighted by Gasteiger charge is 2.34. The number of hydrogen-bond acceptors (Lipinski definition) is 1. The molecule has 0 N–H and O–H groups in total. The Morgan fingerprint density at radius 3 is 1.62 bits per heavy atom. The van der Waals surface area contributed by atoms with Crippen molar-refractivity contribution in [2.75, 3.05) is 6.61 Å². The van der Waals surface area contributed by atoms with Crippen LogP contribution < -0.4 is 0 Å². The smallest absolute Gasteiger partial charge is 0.0575 e. The Balaban J connectivity index is 1.33. The van der Waals surface area contributed by atoms with Gasteiger partial charge in [0.25, 0.3) is 0 Å². The molecular formula is C25H44O. The lowest BCUT2D eigenvalue weighted by molar-refractivity contribution is 0.00437. The first-order valence-electron chi connectivity index (χ1n) is 12.0. The highest BCUT2D eigenvalue weighted by molar-refractivity contribution is 4.91. The van der Waals surface area contributed by atoms with E-state index >= 15 is 0 Å². The van der Waals surface area contributed by atoms with Crippen LogP contribution in [0.2, 0.25) is 0 Å². The number of unbranched alkanes of at least 4 members (excludes halogenated alkanes) is 1. The van der Waals surface area contributed by atoms with Gasteiger partial charge < -0.3 is 4.74 Å². The second-order valence-corrected chi connectivity index (χ2v) is 9.64. The first kappa shape index (κ1) is 20.4. The van der Waals surface area contributed by atoms with Crippen LogP contribution in [0.5, 0.6) is 0 Å². The largest absolute Gasteiger partial charge is 0.378 e. The van der Waals surface area contributed by atoms with E-state index in [1.54, 1.807) is 0 Å². The van der Waals surface area contributed by atoms with Gasteiger partial charge in [-0.3, -0.25) is 0 Å². The normalized spacial score (nSPS) is 39.3. The Hall–Kier alpha value is -0.300. The van der Waals surface area contributed by atoms with E-state index in [2.05, 4.69) is 26.0 Å².